The lowest BCUT2D eigenvalue weighted by atomic mass is 9.98. The number of allylic oxidation sites excluding steroid dienone is 1. The summed E-state index contributed by atoms with van der Waals surface area (Å²) in [5.74, 6) is 0. The Morgan fingerprint density at radius 1 is 1.50 bits per heavy atom. The Bertz CT molecular complexity index is 249. The first-order chi connectivity index (χ1) is 7.81. The lowest BCUT2D eigenvalue weighted by molar-refractivity contribution is 0.0392. The van der Waals surface area contributed by atoms with Crippen molar-refractivity contribution in [1.29, 1.82) is 0 Å². The van der Waals surface area contributed by atoms with Gasteiger partial charge in [0.25, 0.3) is 0 Å². The largest absolute Gasteiger partial charge is 0.373 e. The van der Waals surface area contributed by atoms with Gasteiger partial charge >= 0.3 is 0 Å². The molecule has 0 bridgehead atoms. The zero-order chi connectivity index (χ0) is 11.4. The summed E-state index contributed by atoms with van der Waals surface area (Å²) < 4.78 is 6.03. The van der Waals surface area contributed by atoms with Crippen molar-refractivity contribution < 1.29 is 4.74 Å². The summed E-state index contributed by atoms with van der Waals surface area (Å²) in [5.41, 5.74) is 1.60. The Morgan fingerprint density at radius 3 is 2.94 bits per heavy atom. The molecule has 2 nitrogen and oxygen atoms in total. The zero-order valence-electron chi connectivity index (χ0n) is 10.7. The van der Waals surface area contributed by atoms with Crippen molar-refractivity contribution in [2.75, 3.05) is 6.54 Å². The van der Waals surface area contributed by atoms with Gasteiger partial charge in [0, 0.05) is 0 Å². The van der Waals surface area contributed by atoms with E-state index in [0.717, 1.165) is 6.54 Å². The van der Waals surface area contributed by atoms with E-state index in [9.17, 15) is 0 Å². The molecule has 16 heavy (non-hydrogen) atoms. The summed E-state index contributed by atoms with van der Waals surface area (Å²) in [6.45, 7) is 5.53. The van der Waals surface area contributed by atoms with Crippen molar-refractivity contribution in [2.24, 2.45) is 0 Å². The molecule has 1 N–H and O–H groups in total. The van der Waals surface area contributed by atoms with Gasteiger partial charge in [-0.05, 0) is 52.0 Å². The van der Waals surface area contributed by atoms with Crippen LogP contribution < -0.4 is 5.32 Å². The minimum Gasteiger partial charge on any atom is -0.373 e. The summed E-state index contributed by atoms with van der Waals surface area (Å²) in [4.78, 5) is 0. The van der Waals surface area contributed by atoms with Crippen LogP contribution >= 0.6 is 0 Å². The fraction of sp³-hybridized carbons (Fsp3) is 0.857. The van der Waals surface area contributed by atoms with E-state index >= 15 is 0 Å². The zero-order valence-corrected chi connectivity index (χ0v) is 10.7. The van der Waals surface area contributed by atoms with Crippen LogP contribution in [0.3, 0.4) is 0 Å². The SMILES string of the molecule is CCCNC(C1=CCCC1)C1CCC(C)O1. The maximum atomic E-state index is 6.03. The second-order valence-corrected chi connectivity index (χ2v) is 5.17. The van der Waals surface area contributed by atoms with Gasteiger partial charge in [-0.1, -0.05) is 18.6 Å². The van der Waals surface area contributed by atoms with E-state index in [1.807, 2.05) is 0 Å². The third kappa shape index (κ3) is 2.86. The molecule has 2 rings (SSSR count). The third-order valence-electron chi connectivity index (χ3n) is 3.73. The van der Waals surface area contributed by atoms with Crippen LogP contribution in [0.1, 0.15) is 52.4 Å². The highest BCUT2D eigenvalue weighted by molar-refractivity contribution is 5.17. The van der Waals surface area contributed by atoms with Gasteiger partial charge in [0.1, 0.15) is 0 Å². The third-order valence-corrected chi connectivity index (χ3v) is 3.73. The van der Waals surface area contributed by atoms with E-state index < -0.39 is 0 Å². The van der Waals surface area contributed by atoms with Gasteiger partial charge in [-0.25, -0.2) is 0 Å². The van der Waals surface area contributed by atoms with E-state index in [1.165, 1.54) is 38.5 Å². The molecule has 1 fully saturated rings. The highest BCUT2D eigenvalue weighted by Crippen LogP contribution is 2.29. The molecular weight excluding hydrogens is 198 g/mol. The maximum Gasteiger partial charge on any atom is 0.0771 e. The molecule has 0 radical (unpaired) electrons. The van der Waals surface area contributed by atoms with E-state index in [0.29, 0.717) is 18.2 Å². The minimum absolute atomic E-state index is 0.422. The van der Waals surface area contributed by atoms with Crippen molar-refractivity contribution in [2.45, 2.75) is 70.6 Å². The standard InChI is InChI=1S/C14H25NO/c1-3-10-15-14(12-6-4-5-7-12)13-9-8-11(2)16-13/h6,11,13-15H,3-5,7-10H2,1-2H3. The van der Waals surface area contributed by atoms with E-state index in [2.05, 4.69) is 25.2 Å². The molecule has 1 heterocycles. The molecule has 92 valence electrons. The first kappa shape index (κ1) is 12.1. The van der Waals surface area contributed by atoms with Crippen LogP contribution in [0, 0.1) is 0 Å². The Labute approximate surface area is 99.4 Å². The molecule has 0 amide bonds. The molecule has 0 aromatic heterocycles. The van der Waals surface area contributed by atoms with Gasteiger partial charge in [-0.3, -0.25) is 0 Å². The number of hydrogen-bond donors (Lipinski definition) is 1. The lowest BCUT2D eigenvalue weighted by Crippen LogP contribution is -2.41. The van der Waals surface area contributed by atoms with Crippen molar-refractivity contribution in [3.05, 3.63) is 11.6 Å². The smallest absolute Gasteiger partial charge is 0.0771 e. The van der Waals surface area contributed by atoms with Crippen LogP contribution in [0.25, 0.3) is 0 Å². The summed E-state index contributed by atoms with van der Waals surface area (Å²) in [5, 5.41) is 3.68. The van der Waals surface area contributed by atoms with Crippen LogP contribution in [-0.2, 0) is 4.74 Å². The van der Waals surface area contributed by atoms with Crippen LogP contribution in [0.2, 0.25) is 0 Å². The van der Waals surface area contributed by atoms with E-state index in [4.69, 9.17) is 4.74 Å². The Balaban J connectivity index is 1.96. The number of nitrogens with one attached hydrogen (secondary N) is 1. The van der Waals surface area contributed by atoms with Crippen LogP contribution in [-0.4, -0.2) is 24.8 Å². The minimum atomic E-state index is 0.422. The van der Waals surface area contributed by atoms with Crippen molar-refractivity contribution in [3.8, 4) is 0 Å². The molecule has 0 saturated carbocycles. The van der Waals surface area contributed by atoms with Crippen LogP contribution in [0.5, 0.6) is 0 Å². The molecule has 2 aliphatic rings. The topological polar surface area (TPSA) is 21.3 Å². The molecule has 1 aliphatic heterocycles. The predicted octanol–water partition coefficient (Wildman–Crippen LogP) is 3.03. The van der Waals surface area contributed by atoms with Crippen molar-refractivity contribution in [3.63, 3.8) is 0 Å². The Hall–Kier alpha value is -0.340. The van der Waals surface area contributed by atoms with E-state index in [1.54, 1.807) is 5.57 Å². The van der Waals surface area contributed by atoms with Crippen molar-refractivity contribution in [1.82, 2.24) is 5.32 Å². The summed E-state index contributed by atoms with van der Waals surface area (Å²) in [7, 11) is 0. The van der Waals surface area contributed by atoms with Gasteiger partial charge < -0.3 is 10.1 Å². The first-order valence-corrected chi connectivity index (χ1v) is 6.89. The molecule has 0 spiro atoms. The monoisotopic (exact) mass is 223 g/mol. The van der Waals surface area contributed by atoms with Gasteiger partial charge in [-0.15, -0.1) is 0 Å². The average Bonchev–Trinajstić information content (AvgIpc) is 2.91. The molecule has 1 aliphatic carbocycles. The van der Waals surface area contributed by atoms with Crippen molar-refractivity contribution >= 4 is 0 Å². The lowest BCUT2D eigenvalue weighted by Gasteiger charge is -2.26. The molecular formula is C14H25NO. The number of hydrogen-bond acceptors (Lipinski definition) is 2. The highest BCUT2D eigenvalue weighted by Gasteiger charge is 2.31. The maximum absolute atomic E-state index is 6.03. The first-order valence-electron chi connectivity index (χ1n) is 6.89. The highest BCUT2D eigenvalue weighted by atomic mass is 16.5. The normalized spacial score (nSPS) is 31.8. The molecule has 0 aromatic carbocycles. The van der Waals surface area contributed by atoms with Gasteiger partial charge in [-0.2, -0.15) is 0 Å². The van der Waals surface area contributed by atoms with Crippen LogP contribution in [0.15, 0.2) is 11.6 Å². The Kier molecular flexibility index (Phi) is 4.42. The van der Waals surface area contributed by atoms with Crippen LogP contribution in [0.4, 0.5) is 0 Å². The summed E-state index contributed by atoms with van der Waals surface area (Å²) in [6, 6.07) is 0.493. The molecule has 3 unspecified atom stereocenters. The number of ether oxygens (including phenoxy) is 1. The fourth-order valence-corrected chi connectivity index (χ4v) is 2.86. The molecule has 1 saturated heterocycles. The molecule has 3 atom stereocenters. The molecule has 0 aromatic rings. The summed E-state index contributed by atoms with van der Waals surface area (Å²) >= 11 is 0. The van der Waals surface area contributed by atoms with E-state index in [-0.39, 0.29) is 0 Å². The molecule has 2 heteroatoms. The average molecular weight is 223 g/mol. The number of rotatable bonds is 5. The summed E-state index contributed by atoms with van der Waals surface area (Å²) in [6.07, 6.45) is 10.8. The second kappa shape index (κ2) is 5.83. The Morgan fingerprint density at radius 2 is 2.38 bits per heavy atom. The van der Waals surface area contributed by atoms with Gasteiger partial charge in [0.2, 0.25) is 0 Å². The van der Waals surface area contributed by atoms with Gasteiger partial charge in [0.05, 0.1) is 18.2 Å². The fourth-order valence-electron chi connectivity index (χ4n) is 2.86. The quantitative estimate of drug-likeness (QED) is 0.723. The second-order valence-electron chi connectivity index (χ2n) is 5.17. The predicted molar refractivity (Wildman–Crippen MR) is 67.6 cm³/mol. The van der Waals surface area contributed by atoms with Gasteiger partial charge in [0.15, 0.2) is 0 Å².